The Morgan fingerprint density at radius 3 is 2.80 bits per heavy atom. The lowest BCUT2D eigenvalue weighted by atomic mass is 9.70. The van der Waals surface area contributed by atoms with Gasteiger partial charge in [0.25, 0.3) is 0 Å². The van der Waals surface area contributed by atoms with E-state index in [1.165, 1.54) is 24.6 Å². The van der Waals surface area contributed by atoms with Crippen LogP contribution in [0.5, 0.6) is 0 Å². The van der Waals surface area contributed by atoms with Crippen LogP contribution in [0.4, 0.5) is 5.69 Å². The minimum Gasteiger partial charge on any atom is -0.381 e. The highest BCUT2D eigenvalue weighted by atomic mass is 14.9. The molecule has 1 fully saturated rings. The number of para-hydroxylation sites is 1. The van der Waals surface area contributed by atoms with Gasteiger partial charge in [0.1, 0.15) is 0 Å². The summed E-state index contributed by atoms with van der Waals surface area (Å²) in [5.74, 6) is 0.796. The van der Waals surface area contributed by atoms with Crippen molar-refractivity contribution in [1.82, 2.24) is 4.98 Å². The second kappa shape index (κ2) is 5.08. The smallest absolute Gasteiger partial charge is 0.0703 e. The summed E-state index contributed by atoms with van der Waals surface area (Å²) in [6.45, 7) is 7.14. The van der Waals surface area contributed by atoms with E-state index in [4.69, 9.17) is 0 Å². The third-order valence-electron chi connectivity index (χ3n) is 4.35. The monoisotopic (exact) mass is 268 g/mol. The van der Waals surface area contributed by atoms with Crippen LogP contribution in [0.3, 0.4) is 0 Å². The summed E-state index contributed by atoms with van der Waals surface area (Å²) < 4.78 is 0. The topological polar surface area (TPSA) is 24.9 Å². The molecule has 0 radical (unpaired) electrons. The lowest BCUT2D eigenvalue weighted by Crippen LogP contribution is -2.35. The van der Waals surface area contributed by atoms with E-state index in [0.29, 0.717) is 11.5 Å². The maximum absolute atomic E-state index is 4.54. The van der Waals surface area contributed by atoms with Crippen LogP contribution in [0.25, 0.3) is 10.9 Å². The van der Waals surface area contributed by atoms with Crippen molar-refractivity contribution in [2.24, 2.45) is 11.3 Å². The molecule has 1 aromatic heterocycles. The summed E-state index contributed by atoms with van der Waals surface area (Å²) in [4.78, 5) is 4.54. The van der Waals surface area contributed by atoms with Crippen molar-refractivity contribution < 1.29 is 0 Å². The Bertz CT molecular complexity index is 603. The van der Waals surface area contributed by atoms with E-state index in [2.05, 4.69) is 55.3 Å². The van der Waals surface area contributed by atoms with Crippen LogP contribution >= 0.6 is 0 Å². The van der Waals surface area contributed by atoms with Crippen molar-refractivity contribution in [2.45, 2.75) is 46.1 Å². The van der Waals surface area contributed by atoms with Crippen LogP contribution in [-0.2, 0) is 0 Å². The molecule has 20 heavy (non-hydrogen) atoms. The zero-order valence-corrected chi connectivity index (χ0v) is 12.7. The van der Waals surface area contributed by atoms with Crippen molar-refractivity contribution in [1.29, 1.82) is 0 Å². The van der Waals surface area contributed by atoms with Crippen molar-refractivity contribution in [3.05, 3.63) is 36.5 Å². The van der Waals surface area contributed by atoms with Crippen molar-refractivity contribution in [2.75, 3.05) is 5.32 Å². The first-order valence-electron chi connectivity index (χ1n) is 7.63. The summed E-state index contributed by atoms with van der Waals surface area (Å²) in [5, 5.41) is 4.91. The first-order valence-corrected chi connectivity index (χ1v) is 7.63. The largest absolute Gasteiger partial charge is 0.381 e. The minimum absolute atomic E-state index is 0.444. The molecule has 2 unspecified atom stereocenters. The summed E-state index contributed by atoms with van der Waals surface area (Å²) in [7, 11) is 0. The number of fused-ring (bicyclic) bond motifs is 1. The van der Waals surface area contributed by atoms with Gasteiger partial charge in [0, 0.05) is 11.4 Å². The maximum atomic E-state index is 4.54. The number of benzene rings is 1. The second-order valence-corrected chi connectivity index (χ2v) is 7.17. The van der Waals surface area contributed by atoms with Crippen molar-refractivity contribution >= 4 is 16.6 Å². The van der Waals surface area contributed by atoms with E-state index < -0.39 is 0 Å². The van der Waals surface area contributed by atoms with Crippen LogP contribution in [0.1, 0.15) is 40.0 Å². The van der Waals surface area contributed by atoms with Crippen LogP contribution in [0.2, 0.25) is 0 Å². The predicted molar refractivity (Wildman–Crippen MR) is 85.9 cm³/mol. The molecule has 0 amide bonds. The fraction of sp³-hybridized carbons (Fsp3) is 0.500. The summed E-state index contributed by atoms with van der Waals surface area (Å²) in [6, 6.07) is 11.1. The number of rotatable bonds is 2. The zero-order chi connectivity index (χ0) is 14.2. The van der Waals surface area contributed by atoms with E-state index in [9.17, 15) is 0 Å². The molecule has 2 aromatic rings. The van der Waals surface area contributed by atoms with Gasteiger partial charge in [0.05, 0.1) is 17.4 Å². The molecule has 2 atom stereocenters. The molecule has 1 N–H and O–H groups in total. The zero-order valence-electron chi connectivity index (χ0n) is 12.7. The molecule has 0 saturated heterocycles. The molecule has 0 aliphatic heterocycles. The molecular formula is C18H24N2. The lowest BCUT2D eigenvalue weighted by Gasteiger charge is -2.39. The standard InChI is InChI=1S/C18H24N2/c1-13-8-15(11-18(2,3)10-13)20-16-9-14-6-4-5-7-17(14)19-12-16/h4-7,9,12-13,15,20H,8,10-11H2,1-3H3. The van der Waals surface area contributed by atoms with Crippen molar-refractivity contribution in [3.63, 3.8) is 0 Å². The molecule has 1 saturated carbocycles. The molecule has 0 bridgehead atoms. The minimum atomic E-state index is 0.444. The Morgan fingerprint density at radius 2 is 2.00 bits per heavy atom. The molecule has 3 rings (SSSR count). The Kier molecular flexibility index (Phi) is 3.41. The molecular weight excluding hydrogens is 244 g/mol. The number of nitrogens with one attached hydrogen (secondary N) is 1. The fourth-order valence-electron chi connectivity index (χ4n) is 3.84. The Morgan fingerprint density at radius 1 is 1.20 bits per heavy atom. The quantitative estimate of drug-likeness (QED) is 0.841. The highest BCUT2D eigenvalue weighted by Gasteiger charge is 2.31. The normalized spacial score (nSPS) is 25.6. The maximum Gasteiger partial charge on any atom is 0.0703 e. The van der Waals surface area contributed by atoms with Gasteiger partial charge in [-0.25, -0.2) is 0 Å². The van der Waals surface area contributed by atoms with E-state index in [-0.39, 0.29) is 0 Å². The van der Waals surface area contributed by atoms with E-state index in [1.807, 2.05) is 12.3 Å². The summed E-state index contributed by atoms with van der Waals surface area (Å²) >= 11 is 0. The number of aromatic nitrogens is 1. The van der Waals surface area contributed by atoms with Gasteiger partial charge in [-0.05, 0) is 42.7 Å². The average Bonchev–Trinajstić information content (AvgIpc) is 2.36. The van der Waals surface area contributed by atoms with Crippen LogP contribution in [0.15, 0.2) is 36.5 Å². The molecule has 1 aromatic carbocycles. The van der Waals surface area contributed by atoms with Gasteiger partial charge in [0.15, 0.2) is 0 Å². The summed E-state index contributed by atoms with van der Waals surface area (Å²) in [6.07, 6.45) is 5.80. The molecule has 2 heteroatoms. The molecule has 106 valence electrons. The van der Waals surface area contributed by atoms with Gasteiger partial charge in [-0.1, -0.05) is 39.0 Å². The third kappa shape index (κ3) is 2.95. The lowest BCUT2D eigenvalue weighted by molar-refractivity contribution is 0.178. The van der Waals surface area contributed by atoms with Crippen LogP contribution in [-0.4, -0.2) is 11.0 Å². The molecule has 2 nitrogen and oxygen atoms in total. The first kappa shape index (κ1) is 13.4. The van der Waals surface area contributed by atoms with Crippen molar-refractivity contribution in [3.8, 4) is 0 Å². The van der Waals surface area contributed by atoms with Crippen LogP contribution in [0, 0.1) is 11.3 Å². The number of hydrogen-bond acceptors (Lipinski definition) is 2. The van der Waals surface area contributed by atoms with E-state index in [0.717, 1.165) is 17.1 Å². The molecule has 1 aliphatic carbocycles. The van der Waals surface area contributed by atoms with Crippen LogP contribution < -0.4 is 5.32 Å². The number of nitrogens with zero attached hydrogens (tertiary/aromatic N) is 1. The Balaban J connectivity index is 1.78. The Hall–Kier alpha value is -1.57. The number of pyridine rings is 1. The highest BCUT2D eigenvalue weighted by Crippen LogP contribution is 2.39. The highest BCUT2D eigenvalue weighted by molar-refractivity contribution is 5.81. The predicted octanol–water partition coefficient (Wildman–Crippen LogP) is 4.86. The van der Waals surface area contributed by atoms with Gasteiger partial charge in [-0.3, -0.25) is 4.98 Å². The fourth-order valence-corrected chi connectivity index (χ4v) is 3.84. The molecule has 0 spiro atoms. The van der Waals surface area contributed by atoms with Gasteiger partial charge in [-0.15, -0.1) is 0 Å². The van der Waals surface area contributed by atoms with Gasteiger partial charge in [0.2, 0.25) is 0 Å². The van der Waals surface area contributed by atoms with E-state index in [1.54, 1.807) is 0 Å². The third-order valence-corrected chi connectivity index (χ3v) is 4.35. The SMILES string of the molecule is CC1CC(Nc2cnc3ccccc3c2)CC(C)(C)C1. The van der Waals surface area contributed by atoms with Gasteiger partial charge in [-0.2, -0.15) is 0 Å². The van der Waals surface area contributed by atoms with E-state index >= 15 is 0 Å². The second-order valence-electron chi connectivity index (χ2n) is 7.17. The number of hydrogen-bond donors (Lipinski definition) is 1. The Labute approximate surface area is 121 Å². The number of anilines is 1. The summed E-state index contributed by atoms with van der Waals surface area (Å²) in [5.41, 5.74) is 2.66. The average molecular weight is 268 g/mol. The van der Waals surface area contributed by atoms with Gasteiger partial charge >= 0.3 is 0 Å². The first-order chi connectivity index (χ1) is 9.52. The van der Waals surface area contributed by atoms with Gasteiger partial charge < -0.3 is 5.32 Å². The molecule has 1 heterocycles. The molecule has 1 aliphatic rings.